The molecular formula is C50H87N11O17. The monoisotopic (exact) mass is 1110 g/mol. The molecular weight excluding hydrogens is 1030 g/mol. The van der Waals surface area contributed by atoms with Crippen LogP contribution >= 0.6 is 0 Å². The molecule has 1 aromatic rings. The Kier molecular flexibility index (Phi) is 26.8. The molecule has 4 amide bonds. The number of rotatable bonds is 34. The molecule has 3 aliphatic rings. The Morgan fingerprint density at radius 2 is 1.49 bits per heavy atom. The van der Waals surface area contributed by atoms with Crippen LogP contribution in [0.3, 0.4) is 0 Å². The van der Waals surface area contributed by atoms with Gasteiger partial charge in [-0.05, 0) is 37.6 Å². The highest BCUT2D eigenvalue weighted by molar-refractivity contribution is 5.94. The van der Waals surface area contributed by atoms with E-state index in [4.69, 9.17) is 30.4 Å². The van der Waals surface area contributed by atoms with E-state index >= 15 is 0 Å². The van der Waals surface area contributed by atoms with Crippen molar-refractivity contribution in [3.8, 4) is 0 Å². The lowest BCUT2D eigenvalue weighted by molar-refractivity contribution is -0.238. The number of ether oxygens (including phenoxy) is 4. The molecule has 78 heavy (non-hydrogen) atoms. The smallest absolute Gasteiger partial charge is 0.330 e. The van der Waals surface area contributed by atoms with E-state index in [0.29, 0.717) is 12.8 Å². The molecule has 16 N–H and O–H groups in total. The molecule has 444 valence electrons. The molecule has 28 heteroatoms. The number of nitrogens with zero attached hydrogens (tertiary/aromatic N) is 3. The van der Waals surface area contributed by atoms with Crippen molar-refractivity contribution in [3.63, 3.8) is 0 Å². The SMILES string of the molecule is CCCCCCCCCCCCN(CCCNC(=O)C(NC(=O)C(NC(=O)NC(C(=O)O)C(C)C)C1CCN=C(N)N1)C(O)C(C)C)C(C(=O)O)C(O[C@@H]1O[C@H](CN)[C@@H](O)[C@H]1OC)[C@H]1O[C@@H](n2ccc(=O)[nH]c2=O)[C@H](O)[C@@H]1O. The molecule has 7 unspecified atom stereocenters. The number of methoxy groups -OCH3 is 1. The quantitative estimate of drug-likeness (QED) is 0.0324. The van der Waals surface area contributed by atoms with E-state index in [1.807, 2.05) is 0 Å². The number of aliphatic hydroxyl groups is 4. The standard InChI is InChI=1S/C50H87N11O17/c1-7-8-9-10-11-12-13-14-15-16-22-60(34(46(71)72)39(78-47-41(75-6)36(64)29(25-51)76-47)40-37(65)38(66)44(77-40)61-24-19-30(62)56-50(61)74)23-17-20-53-42(67)33(35(63)27(4)5)57-43(68)32(28-18-21-54-48(52)55-28)59-49(73)58-31(26(2)3)45(69)70/h19,24,26-29,31-41,44,47,63-66H,7-18,20-23,25,51H2,1-6H3,(H,53,67)(H,57,68)(H,69,70)(H,71,72)(H3,52,54,55)(H,56,62,74)(H2,58,59,73)/t28?,29-,31?,32?,33?,34?,35?,36-,37+,38-,39?,40+,41-,44-,47+/m1/s1. The van der Waals surface area contributed by atoms with Crippen molar-refractivity contribution >= 4 is 35.7 Å². The minimum Gasteiger partial charge on any atom is -0.480 e. The molecule has 2 saturated heterocycles. The van der Waals surface area contributed by atoms with Gasteiger partial charge in [0, 0.05) is 45.6 Å². The second kappa shape index (κ2) is 32.1. The van der Waals surface area contributed by atoms with Gasteiger partial charge in [-0.1, -0.05) is 92.4 Å². The number of nitrogens with one attached hydrogen (secondary N) is 6. The fraction of sp³-hybridized carbons (Fsp3) is 0.800. The third-order valence-corrected chi connectivity index (χ3v) is 14.3. The van der Waals surface area contributed by atoms with Crippen molar-refractivity contribution in [1.29, 1.82) is 0 Å². The van der Waals surface area contributed by atoms with Crippen molar-refractivity contribution in [2.24, 2.45) is 28.3 Å². The van der Waals surface area contributed by atoms with Gasteiger partial charge in [-0.2, -0.15) is 0 Å². The van der Waals surface area contributed by atoms with Crippen LogP contribution in [0, 0.1) is 11.8 Å². The number of unbranched alkanes of at least 4 members (excludes halogenated alkanes) is 9. The van der Waals surface area contributed by atoms with Crippen LogP contribution in [0.1, 0.15) is 118 Å². The second-order valence-electron chi connectivity index (χ2n) is 20.9. The maximum Gasteiger partial charge on any atom is 0.330 e. The van der Waals surface area contributed by atoms with E-state index in [9.17, 15) is 64.2 Å². The Bertz CT molecular complexity index is 2220. The number of aliphatic hydroxyl groups excluding tert-OH is 4. The zero-order valence-corrected chi connectivity index (χ0v) is 45.7. The minimum atomic E-state index is -1.92. The molecule has 1 aromatic heterocycles. The largest absolute Gasteiger partial charge is 0.480 e. The number of aliphatic carboxylic acids is 2. The Morgan fingerprint density at radius 1 is 0.846 bits per heavy atom. The molecule has 0 aliphatic carbocycles. The number of aliphatic imine (C=N–C) groups is 1. The zero-order chi connectivity index (χ0) is 57.8. The van der Waals surface area contributed by atoms with Crippen LogP contribution in [0.25, 0.3) is 0 Å². The molecule has 0 spiro atoms. The number of hydrogen-bond donors (Lipinski definition) is 14. The Morgan fingerprint density at radius 3 is 2.05 bits per heavy atom. The number of carbonyl (C=O) groups excluding carboxylic acids is 3. The summed E-state index contributed by atoms with van der Waals surface area (Å²) in [4.78, 5) is 99.8. The fourth-order valence-electron chi connectivity index (χ4n) is 9.86. The average molecular weight is 1110 g/mol. The number of aromatic nitrogens is 2. The summed E-state index contributed by atoms with van der Waals surface area (Å²) >= 11 is 0. The van der Waals surface area contributed by atoms with Crippen LogP contribution < -0.4 is 49.3 Å². The number of carboxylic acid groups (broad SMARTS) is 2. The summed E-state index contributed by atoms with van der Waals surface area (Å²) in [5.74, 6) is -5.71. The summed E-state index contributed by atoms with van der Waals surface area (Å²) in [7, 11) is 1.27. The molecule has 3 aliphatic heterocycles. The van der Waals surface area contributed by atoms with Gasteiger partial charge in [-0.3, -0.25) is 38.6 Å². The van der Waals surface area contributed by atoms with E-state index in [0.717, 1.165) is 55.4 Å². The summed E-state index contributed by atoms with van der Waals surface area (Å²) in [6, 6.07) is -7.02. The Hall–Kier alpha value is -5.30. The summed E-state index contributed by atoms with van der Waals surface area (Å²) < 4.78 is 24.8. The zero-order valence-electron chi connectivity index (χ0n) is 45.7. The third-order valence-electron chi connectivity index (χ3n) is 14.3. The van der Waals surface area contributed by atoms with Crippen molar-refractivity contribution < 1.29 is 73.6 Å². The van der Waals surface area contributed by atoms with Crippen LogP contribution in [0.2, 0.25) is 0 Å². The highest BCUT2D eigenvalue weighted by Crippen LogP contribution is 2.36. The lowest BCUT2D eigenvalue weighted by Crippen LogP contribution is -2.66. The number of nitrogens with two attached hydrogens (primary N) is 2. The Balaban J connectivity index is 1.63. The van der Waals surface area contributed by atoms with Gasteiger partial charge in [0.15, 0.2) is 18.5 Å². The number of hydrogen-bond acceptors (Lipinski definition) is 20. The van der Waals surface area contributed by atoms with Gasteiger partial charge in [-0.15, -0.1) is 0 Å². The first-order chi connectivity index (χ1) is 37.1. The molecule has 15 atom stereocenters. The maximum absolute atomic E-state index is 14.2. The van der Waals surface area contributed by atoms with E-state index in [1.54, 1.807) is 32.6 Å². The highest BCUT2D eigenvalue weighted by Gasteiger charge is 2.55. The van der Waals surface area contributed by atoms with Gasteiger partial charge in [0.25, 0.3) is 5.56 Å². The molecule has 0 bridgehead atoms. The second-order valence-corrected chi connectivity index (χ2v) is 20.9. The van der Waals surface area contributed by atoms with Gasteiger partial charge in [0.1, 0.15) is 66.9 Å². The van der Waals surface area contributed by atoms with E-state index in [1.165, 1.54) is 20.0 Å². The van der Waals surface area contributed by atoms with Gasteiger partial charge in [-0.25, -0.2) is 14.4 Å². The number of guanidine groups is 1. The first-order valence-electron chi connectivity index (χ1n) is 27.2. The molecule has 0 aromatic carbocycles. The first-order valence-corrected chi connectivity index (χ1v) is 27.2. The van der Waals surface area contributed by atoms with Crippen molar-refractivity contribution in [2.45, 2.75) is 203 Å². The summed E-state index contributed by atoms with van der Waals surface area (Å²) in [5.41, 5.74) is 10.1. The highest BCUT2D eigenvalue weighted by atomic mass is 16.7. The number of H-pyrrole nitrogens is 1. The lowest BCUT2D eigenvalue weighted by Gasteiger charge is -2.39. The van der Waals surface area contributed by atoms with E-state index in [2.05, 4.69) is 43.5 Å². The lowest BCUT2D eigenvalue weighted by atomic mass is 9.96. The predicted octanol–water partition coefficient (Wildman–Crippen LogP) is -2.26. The number of carboxylic acids is 2. The molecule has 4 heterocycles. The topological polar surface area (TPSA) is 426 Å². The van der Waals surface area contributed by atoms with Gasteiger partial charge < -0.3 is 87.6 Å². The number of amides is 4. The van der Waals surface area contributed by atoms with Crippen LogP contribution in [0.4, 0.5) is 4.79 Å². The van der Waals surface area contributed by atoms with Crippen LogP contribution in [0.15, 0.2) is 26.8 Å². The van der Waals surface area contributed by atoms with Crippen LogP contribution in [-0.4, -0.2) is 206 Å². The van der Waals surface area contributed by atoms with E-state index < -0.39 is 144 Å². The number of carbonyl (C=O) groups is 5. The van der Waals surface area contributed by atoms with Gasteiger partial charge in [0.05, 0.1) is 12.1 Å². The van der Waals surface area contributed by atoms with Crippen molar-refractivity contribution in [2.75, 3.05) is 39.8 Å². The van der Waals surface area contributed by atoms with Crippen LogP contribution in [0.5, 0.6) is 0 Å². The fourth-order valence-corrected chi connectivity index (χ4v) is 9.86. The number of urea groups is 1. The Labute approximate surface area is 453 Å². The van der Waals surface area contributed by atoms with Gasteiger partial charge in [0.2, 0.25) is 11.8 Å². The third kappa shape index (κ3) is 18.4. The summed E-state index contributed by atoms with van der Waals surface area (Å²) in [5, 5.41) is 79.4. The van der Waals surface area contributed by atoms with E-state index in [-0.39, 0.29) is 51.5 Å². The normalized spacial score (nSPS) is 25.6. The maximum atomic E-state index is 14.2. The molecule has 0 radical (unpaired) electrons. The molecule has 0 saturated carbocycles. The average Bonchev–Trinajstić information content (AvgIpc) is 3.88. The molecule has 2 fully saturated rings. The summed E-state index contributed by atoms with van der Waals surface area (Å²) in [6.07, 6.45) is -4.51. The van der Waals surface area contributed by atoms with Crippen molar-refractivity contribution in [3.05, 3.63) is 33.1 Å². The molecule has 4 rings (SSSR count). The summed E-state index contributed by atoms with van der Waals surface area (Å²) in [6.45, 7) is 8.41. The first kappa shape index (κ1) is 65.2. The number of aromatic amines is 1. The van der Waals surface area contributed by atoms with Gasteiger partial charge >= 0.3 is 23.7 Å². The van der Waals surface area contributed by atoms with Crippen LogP contribution in [-0.2, 0) is 38.1 Å². The predicted molar refractivity (Wildman–Crippen MR) is 282 cm³/mol. The van der Waals surface area contributed by atoms with Crippen molar-refractivity contribution in [1.82, 2.24) is 41.0 Å². The molecule has 28 nitrogen and oxygen atoms in total. The minimum absolute atomic E-state index is 0.0277.